The van der Waals surface area contributed by atoms with Crippen LogP contribution in [-0.2, 0) is 0 Å². The molecule has 0 spiro atoms. The van der Waals surface area contributed by atoms with Gasteiger partial charge in [0.2, 0.25) is 0 Å². The Hall–Kier alpha value is -0.830. The molecule has 0 aliphatic carbocycles. The van der Waals surface area contributed by atoms with Gasteiger partial charge < -0.3 is 0 Å². The van der Waals surface area contributed by atoms with Gasteiger partial charge in [-0.3, -0.25) is 0 Å². The molecule has 0 fully saturated rings. The molecule has 1 heteroatoms. The monoisotopic (exact) mass is 339 g/mol. The molecule has 92 valence electrons. The molecule has 0 amide bonds. The Morgan fingerprint density at radius 1 is 0.765 bits per heavy atom. The van der Waals surface area contributed by atoms with Gasteiger partial charge in [0.1, 0.15) is 0 Å². The molecule has 0 aliphatic heterocycles. The second-order valence-corrected chi connectivity index (χ2v) is 6.92. The maximum atomic E-state index is 2.25. The third kappa shape index (κ3) is 5.87. The second kappa shape index (κ2) is 8.29. The van der Waals surface area contributed by atoms with E-state index in [1.165, 1.54) is 19.1 Å². The predicted octanol–water partition coefficient (Wildman–Crippen LogP) is 1.54. The van der Waals surface area contributed by atoms with E-state index in [2.05, 4.69) is 75.4 Å². The summed E-state index contributed by atoms with van der Waals surface area (Å²) in [7, 11) is 0. The van der Waals surface area contributed by atoms with Gasteiger partial charge in [0.25, 0.3) is 0 Å². The summed E-state index contributed by atoms with van der Waals surface area (Å²) >= 11 is 0.0159. The van der Waals surface area contributed by atoms with Crippen LogP contribution >= 0.6 is 0 Å². The van der Waals surface area contributed by atoms with Crippen LogP contribution in [0.5, 0.6) is 0 Å². The molecule has 0 aromatic heterocycles. The Morgan fingerprint density at radius 3 is 1.76 bits per heavy atom. The van der Waals surface area contributed by atoms with E-state index in [0.717, 1.165) is 0 Å². The van der Waals surface area contributed by atoms with Gasteiger partial charge in [-0.25, -0.2) is 0 Å². The Balaban J connectivity index is 0.000000437. The van der Waals surface area contributed by atoms with Gasteiger partial charge in [-0.2, -0.15) is 0 Å². The molecule has 17 heavy (non-hydrogen) atoms. The fourth-order valence-corrected chi connectivity index (χ4v) is 3.41. The van der Waals surface area contributed by atoms with Crippen LogP contribution in [0, 0.1) is 14.1 Å². The molecule has 0 radical (unpaired) electrons. The van der Waals surface area contributed by atoms with E-state index in [1.807, 2.05) is 0 Å². The van der Waals surface area contributed by atoms with Crippen molar-refractivity contribution in [3.63, 3.8) is 0 Å². The zero-order valence-electron chi connectivity index (χ0n) is 10.8. The predicted molar refractivity (Wildman–Crippen MR) is 71.0 cm³/mol. The molecule has 0 saturated heterocycles. The van der Waals surface area contributed by atoms with Crippen molar-refractivity contribution in [3.05, 3.63) is 67.3 Å². The summed E-state index contributed by atoms with van der Waals surface area (Å²) in [5.74, 6) is 0. The zero-order valence-corrected chi connectivity index (χ0v) is 12.9. The second-order valence-electron chi connectivity index (χ2n) is 3.89. The van der Waals surface area contributed by atoms with Crippen molar-refractivity contribution >= 4 is 0 Å². The van der Waals surface area contributed by atoms with Crippen molar-refractivity contribution in [2.45, 2.75) is 27.2 Å². The third-order valence-corrected chi connectivity index (χ3v) is 4.65. The van der Waals surface area contributed by atoms with E-state index < -0.39 is 0 Å². The quantitative estimate of drug-likeness (QED) is 0.729. The van der Waals surface area contributed by atoms with Crippen molar-refractivity contribution in [1.82, 2.24) is 0 Å². The Kier molecular flexibility index (Phi) is 6.94. The van der Waals surface area contributed by atoms with Crippen LogP contribution in [0.1, 0.15) is 25.8 Å². The number of benzene rings is 2. The van der Waals surface area contributed by atoms with Crippen LogP contribution in [0.2, 0.25) is 0 Å². The fourth-order valence-electron chi connectivity index (χ4n) is 1.20. The molecule has 0 nitrogen and oxygen atoms in total. The first-order valence-electron chi connectivity index (χ1n) is 6.02. The van der Waals surface area contributed by atoms with Crippen molar-refractivity contribution < 1.29 is 21.2 Å². The van der Waals surface area contributed by atoms with Gasteiger partial charge >= 0.3 is 95.4 Å². The molecular weight excluding hydrogens is 319 g/mol. The van der Waals surface area contributed by atoms with E-state index in [9.17, 15) is 0 Å². The van der Waals surface area contributed by atoms with Crippen LogP contribution in [0.25, 0.3) is 0 Å². The van der Waals surface area contributed by atoms with Crippen molar-refractivity contribution in [3.8, 4) is 0 Å². The topological polar surface area (TPSA) is 0 Å². The number of aryl methyl sites for hydroxylation is 1. The summed E-state index contributed by atoms with van der Waals surface area (Å²) < 4.78 is 2.97. The molecule has 0 atom stereocenters. The van der Waals surface area contributed by atoms with Crippen molar-refractivity contribution in [2.75, 3.05) is 0 Å². The molecule has 2 aromatic carbocycles. The zero-order chi connectivity index (χ0) is 12.5. The van der Waals surface area contributed by atoms with E-state index in [-0.39, 0.29) is 21.2 Å². The first-order valence-corrected chi connectivity index (χ1v) is 8.18. The number of hydrogen-bond donors (Lipinski definition) is 0. The van der Waals surface area contributed by atoms with Crippen LogP contribution in [0.3, 0.4) is 0 Å². The Bertz CT molecular complexity index is 403. The van der Waals surface area contributed by atoms with Crippen LogP contribution in [0.4, 0.5) is 0 Å². The fraction of sp³-hybridized carbons (Fsp3) is 0.250. The molecule has 2 aromatic rings. The van der Waals surface area contributed by atoms with Gasteiger partial charge in [0, 0.05) is 0 Å². The molecule has 0 aliphatic rings. The first kappa shape index (κ1) is 14.2. The molecule has 2 rings (SSSR count). The van der Waals surface area contributed by atoms with Gasteiger partial charge in [-0.1, -0.05) is 20.3 Å². The molecule has 0 unspecified atom stereocenters. The minimum atomic E-state index is 0.0159. The molecule has 0 heterocycles. The standard InChI is InChI=1S/C13H12I.C3H8/c1-11-7-9-13(10-8-11)14-12-5-3-2-4-6-12;1-3-2/h2-10H,1H3;3H2,1-2H3/q-1;. The number of halogens is 1. The Morgan fingerprint density at radius 2 is 1.24 bits per heavy atom. The van der Waals surface area contributed by atoms with Crippen LogP contribution in [-0.4, -0.2) is 0 Å². The molecule has 0 saturated carbocycles. The summed E-state index contributed by atoms with van der Waals surface area (Å²) in [6.07, 6.45) is 1.25. The normalized spacial score (nSPS) is 9.59. The molecular formula is C16H20I-. The Labute approximate surface area is 115 Å². The molecule has 0 N–H and O–H groups in total. The van der Waals surface area contributed by atoms with Crippen molar-refractivity contribution in [2.24, 2.45) is 0 Å². The van der Waals surface area contributed by atoms with E-state index in [4.69, 9.17) is 0 Å². The summed E-state index contributed by atoms with van der Waals surface area (Å²) in [4.78, 5) is 0. The third-order valence-electron chi connectivity index (χ3n) is 1.96. The summed E-state index contributed by atoms with van der Waals surface area (Å²) in [5, 5.41) is 0. The number of hydrogen-bond acceptors (Lipinski definition) is 0. The van der Waals surface area contributed by atoms with Crippen LogP contribution in [0.15, 0.2) is 54.6 Å². The van der Waals surface area contributed by atoms with Gasteiger partial charge in [0.15, 0.2) is 0 Å². The summed E-state index contributed by atoms with van der Waals surface area (Å²) in [6, 6.07) is 19.6. The average Bonchev–Trinajstić information content (AvgIpc) is 2.35. The van der Waals surface area contributed by atoms with Gasteiger partial charge in [-0.05, 0) is 0 Å². The SMILES string of the molecule is CCC.Cc1ccc([I-]c2ccccc2)cc1. The van der Waals surface area contributed by atoms with Gasteiger partial charge in [-0.15, -0.1) is 0 Å². The van der Waals surface area contributed by atoms with Crippen molar-refractivity contribution in [1.29, 1.82) is 0 Å². The minimum absolute atomic E-state index is 0.0159. The van der Waals surface area contributed by atoms with E-state index >= 15 is 0 Å². The first-order chi connectivity index (χ1) is 8.26. The van der Waals surface area contributed by atoms with Gasteiger partial charge in [0.05, 0.1) is 0 Å². The van der Waals surface area contributed by atoms with E-state index in [1.54, 1.807) is 0 Å². The number of rotatable bonds is 2. The summed E-state index contributed by atoms with van der Waals surface area (Å²) in [6.45, 7) is 6.38. The van der Waals surface area contributed by atoms with Crippen LogP contribution < -0.4 is 21.2 Å². The average molecular weight is 339 g/mol. The van der Waals surface area contributed by atoms with E-state index in [0.29, 0.717) is 0 Å². The summed E-state index contributed by atoms with van der Waals surface area (Å²) in [5.41, 5.74) is 1.34. The maximum absolute atomic E-state index is 2.25. The molecule has 0 bridgehead atoms.